The topological polar surface area (TPSA) is 20.3 Å². The van der Waals surface area contributed by atoms with Crippen molar-refractivity contribution < 1.29 is 4.79 Å². The maximum atomic E-state index is 13.9. The molecule has 0 radical (unpaired) electrons. The predicted molar refractivity (Wildman–Crippen MR) is 96.8 cm³/mol. The highest BCUT2D eigenvalue weighted by molar-refractivity contribution is 5.88. The van der Waals surface area contributed by atoms with E-state index in [4.69, 9.17) is 0 Å². The number of rotatable bonds is 2. The van der Waals surface area contributed by atoms with E-state index in [2.05, 4.69) is 25.8 Å². The van der Waals surface area contributed by atoms with E-state index in [0.29, 0.717) is 34.6 Å². The van der Waals surface area contributed by atoms with Crippen LogP contribution in [0.3, 0.4) is 0 Å². The van der Waals surface area contributed by atoms with Gasteiger partial charge in [-0.3, -0.25) is 4.79 Å². The van der Waals surface area contributed by atoms with Crippen molar-refractivity contribution in [2.75, 3.05) is 7.05 Å². The molecule has 4 atom stereocenters. The summed E-state index contributed by atoms with van der Waals surface area (Å²) in [5.41, 5.74) is 0.994. The van der Waals surface area contributed by atoms with E-state index in [0.717, 1.165) is 18.8 Å². The van der Waals surface area contributed by atoms with Gasteiger partial charge < -0.3 is 4.90 Å². The summed E-state index contributed by atoms with van der Waals surface area (Å²) in [4.78, 5) is 16.5. The SMILES string of the molecule is CN1C2CCCC1CC(C(=O)C13CC4CC(C)(CC(C)(C4)C1)C3)C2. The van der Waals surface area contributed by atoms with E-state index in [1.165, 1.54) is 57.8 Å². The number of fused-ring (bicyclic) bond motifs is 2. The molecular weight excluding hydrogens is 294 g/mol. The molecule has 6 bridgehead atoms. The average molecular weight is 330 g/mol. The lowest BCUT2D eigenvalue weighted by Gasteiger charge is -2.65. The molecule has 4 saturated carbocycles. The third-order valence-corrected chi connectivity index (χ3v) is 8.86. The molecule has 2 heterocycles. The molecule has 4 unspecified atom stereocenters. The van der Waals surface area contributed by atoms with Gasteiger partial charge in [0.1, 0.15) is 5.78 Å². The highest BCUT2D eigenvalue weighted by atomic mass is 16.1. The third-order valence-electron chi connectivity index (χ3n) is 8.86. The Hall–Kier alpha value is -0.370. The van der Waals surface area contributed by atoms with Gasteiger partial charge in [-0.05, 0) is 88.0 Å². The monoisotopic (exact) mass is 329 g/mol. The first-order valence-electron chi connectivity index (χ1n) is 10.6. The molecule has 0 aromatic heterocycles. The second-order valence-corrected chi connectivity index (χ2v) is 11.3. The molecule has 6 rings (SSSR count). The van der Waals surface area contributed by atoms with E-state index in [-0.39, 0.29) is 5.41 Å². The van der Waals surface area contributed by atoms with Crippen LogP contribution in [0.1, 0.15) is 84.5 Å². The van der Waals surface area contributed by atoms with Gasteiger partial charge in [-0.15, -0.1) is 0 Å². The fourth-order valence-electron chi connectivity index (χ4n) is 8.99. The zero-order chi connectivity index (χ0) is 16.7. The summed E-state index contributed by atoms with van der Waals surface area (Å²) in [7, 11) is 2.31. The van der Waals surface area contributed by atoms with Crippen LogP contribution in [0.4, 0.5) is 0 Å². The molecule has 6 aliphatic rings. The molecule has 0 aromatic rings. The number of piperidine rings is 2. The van der Waals surface area contributed by atoms with E-state index >= 15 is 0 Å². The minimum Gasteiger partial charge on any atom is -0.300 e. The van der Waals surface area contributed by atoms with Gasteiger partial charge in [0.05, 0.1) is 0 Å². The van der Waals surface area contributed by atoms with E-state index in [1.807, 2.05) is 0 Å². The lowest BCUT2D eigenvalue weighted by Crippen LogP contribution is -2.60. The Balaban J connectivity index is 1.43. The zero-order valence-electron chi connectivity index (χ0n) is 15.9. The molecule has 134 valence electrons. The maximum Gasteiger partial charge on any atom is 0.142 e. The lowest BCUT2D eigenvalue weighted by atomic mass is 9.39. The lowest BCUT2D eigenvalue weighted by molar-refractivity contribution is -0.174. The van der Waals surface area contributed by atoms with Crippen molar-refractivity contribution in [1.82, 2.24) is 4.90 Å². The number of nitrogens with zero attached hydrogens (tertiary/aromatic N) is 1. The van der Waals surface area contributed by atoms with Crippen LogP contribution in [-0.4, -0.2) is 29.8 Å². The van der Waals surface area contributed by atoms with Gasteiger partial charge in [-0.2, -0.15) is 0 Å². The largest absolute Gasteiger partial charge is 0.300 e. The first-order chi connectivity index (χ1) is 11.3. The van der Waals surface area contributed by atoms with Crippen molar-refractivity contribution in [3.63, 3.8) is 0 Å². The van der Waals surface area contributed by atoms with Crippen LogP contribution >= 0.6 is 0 Å². The summed E-state index contributed by atoms with van der Waals surface area (Å²) < 4.78 is 0. The highest BCUT2D eigenvalue weighted by Gasteiger charge is 2.63. The first-order valence-corrected chi connectivity index (χ1v) is 10.6. The first kappa shape index (κ1) is 15.9. The Labute approximate surface area is 147 Å². The summed E-state index contributed by atoms with van der Waals surface area (Å²) in [6, 6.07) is 1.37. The summed E-state index contributed by atoms with van der Waals surface area (Å²) in [5, 5.41) is 0. The highest BCUT2D eigenvalue weighted by Crippen LogP contribution is 2.70. The minimum absolute atomic E-state index is 0.0673. The Morgan fingerprint density at radius 1 is 0.917 bits per heavy atom. The molecule has 24 heavy (non-hydrogen) atoms. The van der Waals surface area contributed by atoms with Gasteiger partial charge in [0, 0.05) is 23.4 Å². The van der Waals surface area contributed by atoms with E-state index in [1.54, 1.807) is 0 Å². The van der Waals surface area contributed by atoms with Crippen molar-refractivity contribution in [2.24, 2.45) is 28.1 Å². The smallest absolute Gasteiger partial charge is 0.142 e. The molecule has 0 N–H and O–H groups in total. The number of hydrogen-bond donors (Lipinski definition) is 0. The number of ketones is 1. The molecule has 2 nitrogen and oxygen atoms in total. The van der Waals surface area contributed by atoms with Crippen LogP contribution in [0.5, 0.6) is 0 Å². The van der Waals surface area contributed by atoms with Gasteiger partial charge in [-0.1, -0.05) is 20.3 Å². The van der Waals surface area contributed by atoms with Crippen LogP contribution in [0.25, 0.3) is 0 Å². The van der Waals surface area contributed by atoms with Crippen molar-refractivity contribution >= 4 is 5.78 Å². The fraction of sp³-hybridized carbons (Fsp3) is 0.955. The zero-order valence-corrected chi connectivity index (χ0v) is 15.9. The number of hydrogen-bond acceptors (Lipinski definition) is 2. The normalized spacial score (nSPS) is 56.5. The molecule has 6 fully saturated rings. The van der Waals surface area contributed by atoms with E-state index in [9.17, 15) is 4.79 Å². The van der Waals surface area contributed by atoms with Crippen molar-refractivity contribution in [2.45, 2.75) is 96.6 Å². The van der Waals surface area contributed by atoms with Crippen molar-refractivity contribution in [3.8, 4) is 0 Å². The van der Waals surface area contributed by atoms with E-state index < -0.39 is 0 Å². The summed E-state index contributed by atoms with van der Waals surface area (Å²) in [6.45, 7) is 5.00. The Bertz CT molecular complexity index is 536. The summed E-state index contributed by atoms with van der Waals surface area (Å²) in [5.74, 6) is 1.93. The van der Waals surface area contributed by atoms with Gasteiger partial charge in [0.25, 0.3) is 0 Å². The molecule has 0 spiro atoms. The molecule has 0 amide bonds. The minimum atomic E-state index is 0.0673. The van der Waals surface area contributed by atoms with Gasteiger partial charge in [0.15, 0.2) is 0 Å². The van der Waals surface area contributed by atoms with Crippen LogP contribution in [0.2, 0.25) is 0 Å². The fourth-order valence-corrected chi connectivity index (χ4v) is 8.99. The second-order valence-electron chi connectivity index (χ2n) is 11.3. The molecule has 2 saturated heterocycles. The molecular formula is C22H35NO. The number of Topliss-reactive ketones (excluding diaryl/α,β-unsaturated/α-hetero) is 1. The standard InChI is InChI=1S/C22H35NO/c1-20-9-15-10-21(2,12-20)14-22(11-15,13-20)19(24)16-7-17-5-4-6-18(8-16)23(17)3/h15-18H,4-14H2,1-3H3. The van der Waals surface area contributed by atoms with Crippen molar-refractivity contribution in [1.29, 1.82) is 0 Å². The second kappa shape index (κ2) is 4.87. The van der Waals surface area contributed by atoms with Crippen LogP contribution in [0.15, 0.2) is 0 Å². The van der Waals surface area contributed by atoms with Crippen LogP contribution in [-0.2, 0) is 4.79 Å². The maximum absolute atomic E-state index is 13.9. The van der Waals surface area contributed by atoms with Crippen LogP contribution < -0.4 is 0 Å². The quantitative estimate of drug-likeness (QED) is 0.724. The van der Waals surface area contributed by atoms with Crippen molar-refractivity contribution in [3.05, 3.63) is 0 Å². The third kappa shape index (κ3) is 2.20. The summed E-state index contributed by atoms with van der Waals surface area (Å²) in [6.07, 6.45) is 14.2. The van der Waals surface area contributed by atoms with Gasteiger partial charge >= 0.3 is 0 Å². The number of carbonyl (C=O) groups excluding carboxylic acids is 1. The molecule has 2 heteroatoms. The predicted octanol–water partition coefficient (Wildman–Crippen LogP) is 4.82. The van der Waals surface area contributed by atoms with Gasteiger partial charge in [-0.25, -0.2) is 0 Å². The Morgan fingerprint density at radius 2 is 1.50 bits per heavy atom. The average Bonchev–Trinajstić information content (AvgIpc) is 2.42. The number of carbonyl (C=O) groups is 1. The molecule has 4 aliphatic carbocycles. The Kier molecular flexibility index (Phi) is 3.22. The summed E-state index contributed by atoms with van der Waals surface area (Å²) >= 11 is 0. The van der Waals surface area contributed by atoms with Crippen LogP contribution in [0, 0.1) is 28.1 Å². The molecule has 0 aromatic carbocycles. The Morgan fingerprint density at radius 3 is 2.04 bits per heavy atom. The van der Waals surface area contributed by atoms with Gasteiger partial charge in [0.2, 0.25) is 0 Å². The molecule has 2 aliphatic heterocycles.